The summed E-state index contributed by atoms with van der Waals surface area (Å²) in [6, 6.07) is 3.03. The van der Waals surface area contributed by atoms with Gasteiger partial charge in [-0.2, -0.15) is 0 Å². The molecular formula is C16H26N4O4. The zero-order valence-corrected chi connectivity index (χ0v) is 14.1. The molecule has 1 aliphatic heterocycles. The molecule has 0 unspecified atom stereocenters. The first-order chi connectivity index (χ1) is 11.5. The standard InChI is InChI=1S/C16H26N4O4/c1-17(7-2-12-21)14-5-8-18(9-6-14)10-11-19-13-15(20(23)24)3-4-16(19)22/h3-4,13-14,21H,2,5-12H2,1H3. The Bertz CT molecular complexity index is 596. The first-order valence-electron chi connectivity index (χ1n) is 8.39. The van der Waals surface area contributed by atoms with Gasteiger partial charge in [-0.1, -0.05) is 0 Å². The molecule has 0 spiro atoms. The maximum Gasteiger partial charge on any atom is 0.285 e. The van der Waals surface area contributed by atoms with Crippen molar-refractivity contribution in [3.8, 4) is 0 Å². The van der Waals surface area contributed by atoms with Gasteiger partial charge in [-0.05, 0) is 39.4 Å². The minimum atomic E-state index is -0.482. The second-order valence-corrected chi connectivity index (χ2v) is 6.31. The van der Waals surface area contributed by atoms with Gasteiger partial charge in [0.2, 0.25) is 0 Å². The summed E-state index contributed by atoms with van der Waals surface area (Å²) in [4.78, 5) is 26.7. The Balaban J connectivity index is 1.81. The third kappa shape index (κ3) is 5.12. The van der Waals surface area contributed by atoms with Crippen LogP contribution in [0.2, 0.25) is 0 Å². The van der Waals surface area contributed by atoms with E-state index in [9.17, 15) is 14.9 Å². The summed E-state index contributed by atoms with van der Waals surface area (Å²) in [5.74, 6) is 0. The van der Waals surface area contributed by atoms with Crippen LogP contribution in [0.3, 0.4) is 0 Å². The average Bonchev–Trinajstić information content (AvgIpc) is 2.59. The Morgan fingerprint density at radius 3 is 2.67 bits per heavy atom. The molecule has 1 aromatic rings. The fourth-order valence-electron chi connectivity index (χ4n) is 3.14. The number of nitro groups is 1. The number of aromatic nitrogens is 1. The summed E-state index contributed by atoms with van der Waals surface area (Å²) in [7, 11) is 2.10. The summed E-state index contributed by atoms with van der Waals surface area (Å²) in [6.45, 7) is 4.22. The summed E-state index contributed by atoms with van der Waals surface area (Å²) in [5.41, 5.74) is -0.266. The van der Waals surface area contributed by atoms with E-state index in [4.69, 9.17) is 5.11 Å². The van der Waals surface area contributed by atoms with Crippen LogP contribution in [0.5, 0.6) is 0 Å². The zero-order valence-electron chi connectivity index (χ0n) is 14.1. The quantitative estimate of drug-likeness (QED) is 0.549. The van der Waals surface area contributed by atoms with Crippen LogP contribution in [0.15, 0.2) is 23.1 Å². The average molecular weight is 338 g/mol. The Morgan fingerprint density at radius 1 is 1.33 bits per heavy atom. The van der Waals surface area contributed by atoms with E-state index in [-0.39, 0.29) is 17.9 Å². The second kappa shape index (κ2) is 8.91. The van der Waals surface area contributed by atoms with E-state index in [2.05, 4.69) is 16.8 Å². The number of hydrogen-bond acceptors (Lipinski definition) is 6. The van der Waals surface area contributed by atoms with Gasteiger partial charge in [0.25, 0.3) is 11.2 Å². The van der Waals surface area contributed by atoms with E-state index in [1.54, 1.807) is 0 Å². The van der Waals surface area contributed by atoms with Gasteiger partial charge in [0.15, 0.2) is 0 Å². The van der Waals surface area contributed by atoms with Crippen LogP contribution < -0.4 is 5.56 Å². The predicted molar refractivity (Wildman–Crippen MR) is 91.2 cm³/mol. The molecule has 24 heavy (non-hydrogen) atoms. The molecule has 134 valence electrons. The summed E-state index contributed by atoms with van der Waals surface area (Å²) < 4.78 is 1.41. The maximum atomic E-state index is 11.8. The highest BCUT2D eigenvalue weighted by atomic mass is 16.6. The lowest BCUT2D eigenvalue weighted by Crippen LogP contribution is -2.44. The molecule has 1 aliphatic rings. The van der Waals surface area contributed by atoms with Gasteiger partial charge in [-0.15, -0.1) is 0 Å². The molecular weight excluding hydrogens is 312 g/mol. The summed E-state index contributed by atoms with van der Waals surface area (Å²) in [6.07, 6.45) is 4.24. The fourth-order valence-corrected chi connectivity index (χ4v) is 3.14. The molecule has 0 radical (unpaired) electrons. The molecule has 1 aromatic heterocycles. The van der Waals surface area contributed by atoms with Crippen molar-refractivity contribution in [3.05, 3.63) is 38.8 Å². The van der Waals surface area contributed by atoms with Gasteiger partial charge in [-0.25, -0.2) is 0 Å². The lowest BCUT2D eigenvalue weighted by atomic mass is 10.0. The lowest BCUT2D eigenvalue weighted by molar-refractivity contribution is -0.385. The SMILES string of the molecule is CN(CCCO)C1CCN(CCn2cc([N+](=O)[O-])ccc2=O)CC1. The van der Waals surface area contributed by atoms with Crippen molar-refractivity contribution in [2.24, 2.45) is 0 Å². The molecule has 0 aromatic carbocycles. The van der Waals surface area contributed by atoms with Crippen LogP contribution in [0.4, 0.5) is 5.69 Å². The lowest BCUT2D eigenvalue weighted by Gasteiger charge is -2.36. The molecule has 0 aliphatic carbocycles. The first-order valence-corrected chi connectivity index (χ1v) is 8.39. The molecule has 8 nitrogen and oxygen atoms in total. The van der Waals surface area contributed by atoms with Crippen LogP contribution >= 0.6 is 0 Å². The van der Waals surface area contributed by atoms with Crippen molar-refractivity contribution in [2.45, 2.75) is 31.8 Å². The second-order valence-electron chi connectivity index (χ2n) is 6.31. The van der Waals surface area contributed by atoms with Crippen molar-refractivity contribution in [1.82, 2.24) is 14.4 Å². The molecule has 2 rings (SSSR count). The highest BCUT2D eigenvalue weighted by molar-refractivity contribution is 5.24. The van der Waals surface area contributed by atoms with Crippen molar-refractivity contribution in [1.29, 1.82) is 0 Å². The number of rotatable bonds is 8. The minimum absolute atomic E-state index is 0.0567. The predicted octanol–water partition coefficient (Wildman–Crippen LogP) is 0.535. The van der Waals surface area contributed by atoms with E-state index in [0.29, 0.717) is 19.1 Å². The highest BCUT2D eigenvalue weighted by Gasteiger charge is 2.22. The third-order valence-electron chi connectivity index (χ3n) is 4.69. The molecule has 1 fully saturated rings. The van der Waals surface area contributed by atoms with Gasteiger partial charge in [0.1, 0.15) is 0 Å². The Morgan fingerprint density at radius 2 is 2.04 bits per heavy atom. The zero-order chi connectivity index (χ0) is 17.5. The number of likely N-dealkylation sites (tertiary alicyclic amines) is 1. The van der Waals surface area contributed by atoms with Gasteiger partial charge < -0.3 is 19.5 Å². The van der Waals surface area contributed by atoms with Gasteiger partial charge in [0.05, 0.1) is 11.1 Å². The third-order valence-corrected chi connectivity index (χ3v) is 4.69. The van der Waals surface area contributed by atoms with Crippen molar-refractivity contribution in [3.63, 3.8) is 0 Å². The van der Waals surface area contributed by atoms with E-state index in [0.717, 1.165) is 38.9 Å². The van der Waals surface area contributed by atoms with E-state index in [1.807, 2.05) is 0 Å². The number of nitrogens with zero attached hydrogens (tertiary/aromatic N) is 4. The van der Waals surface area contributed by atoms with Crippen molar-refractivity contribution < 1.29 is 10.0 Å². The monoisotopic (exact) mass is 338 g/mol. The number of pyridine rings is 1. The topological polar surface area (TPSA) is 91.8 Å². The molecule has 0 atom stereocenters. The van der Waals surface area contributed by atoms with E-state index in [1.165, 1.54) is 22.9 Å². The molecule has 0 saturated carbocycles. The van der Waals surface area contributed by atoms with Gasteiger partial charge in [0, 0.05) is 44.4 Å². The van der Waals surface area contributed by atoms with Crippen LogP contribution in [-0.2, 0) is 6.54 Å². The molecule has 0 amide bonds. The Kier molecular flexibility index (Phi) is 6.89. The smallest absolute Gasteiger partial charge is 0.285 e. The van der Waals surface area contributed by atoms with Crippen LogP contribution in [0.1, 0.15) is 19.3 Å². The molecule has 0 bridgehead atoms. The van der Waals surface area contributed by atoms with Crippen LogP contribution in [0, 0.1) is 10.1 Å². The van der Waals surface area contributed by atoms with Crippen molar-refractivity contribution in [2.75, 3.05) is 39.8 Å². The largest absolute Gasteiger partial charge is 0.396 e. The summed E-state index contributed by atoms with van der Waals surface area (Å²) in [5, 5.41) is 19.7. The number of aliphatic hydroxyl groups is 1. The summed E-state index contributed by atoms with van der Waals surface area (Å²) >= 11 is 0. The highest BCUT2D eigenvalue weighted by Crippen LogP contribution is 2.15. The van der Waals surface area contributed by atoms with E-state index < -0.39 is 4.92 Å². The normalized spacial score (nSPS) is 16.6. The van der Waals surface area contributed by atoms with Crippen LogP contribution in [-0.4, -0.2) is 70.3 Å². The molecule has 1 N–H and O–H groups in total. The molecule has 2 heterocycles. The van der Waals surface area contributed by atoms with Gasteiger partial charge >= 0.3 is 0 Å². The number of piperidine rings is 1. The first kappa shape index (κ1) is 18.6. The molecule has 8 heteroatoms. The Hall–Kier alpha value is -1.77. The van der Waals surface area contributed by atoms with Crippen LogP contribution in [0.25, 0.3) is 0 Å². The molecule has 1 saturated heterocycles. The minimum Gasteiger partial charge on any atom is -0.396 e. The number of hydrogen-bond donors (Lipinski definition) is 1. The maximum absolute atomic E-state index is 11.8. The van der Waals surface area contributed by atoms with Gasteiger partial charge in [-0.3, -0.25) is 14.9 Å². The van der Waals surface area contributed by atoms with Crippen molar-refractivity contribution >= 4 is 5.69 Å². The Labute approximate surface area is 141 Å². The fraction of sp³-hybridized carbons (Fsp3) is 0.688. The number of aliphatic hydroxyl groups excluding tert-OH is 1. The van der Waals surface area contributed by atoms with E-state index >= 15 is 0 Å².